The van der Waals surface area contributed by atoms with Gasteiger partial charge >= 0.3 is 6.09 Å². The van der Waals surface area contributed by atoms with Gasteiger partial charge in [-0.15, -0.1) is 0 Å². The Hall–Kier alpha value is -1.91. The number of hydrogen-bond acceptors (Lipinski definition) is 3. The summed E-state index contributed by atoms with van der Waals surface area (Å²) in [7, 11) is 0. The summed E-state index contributed by atoms with van der Waals surface area (Å²) in [5.41, 5.74) is 8.88. The fourth-order valence-corrected chi connectivity index (χ4v) is 1.53. The molecule has 0 atom stereocenters. The van der Waals surface area contributed by atoms with Gasteiger partial charge in [-0.25, -0.2) is 4.79 Å². The van der Waals surface area contributed by atoms with Gasteiger partial charge in [0.25, 0.3) is 0 Å². The van der Waals surface area contributed by atoms with Gasteiger partial charge in [-0.05, 0) is 50.1 Å². The number of halogens is 1. The largest absolute Gasteiger partial charge is 0.444 e. The van der Waals surface area contributed by atoms with E-state index in [4.69, 9.17) is 21.9 Å². The number of hydrogen-bond donors (Lipinski definition) is 1. The lowest BCUT2D eigenvalue weighted by Crippen LogP contribution is -2.27. The van der Waals surface area contributed by atoms with Crippen molar-refractivity contribution in [2.45, 2.75) is 32.9 Å². The van der Waals surface area contributed by atoms with Crippen molar-refractivity contribution in [3.8, 4) is 0 Å². The van der Waals surface area contributed by atoms with Gasteiger partial charge in [0.2, 0.25) is 0 Å². The van der Waals surface area contributed by atoms with E-state index in [9.17, 15) is 4.79 Å². The number of amides is 1. The van der Waals surface area contributed by atoms with E-state index in [2.05, 4.69) is 15.3 Å². The predicted octanol–water partition coefficient (Wildman–Crippen LogP) is 4.50. The fraction of sp³-hybridized carbons (Fsp3) is 0.417. The molecule has 6 nitrogen and oxygen atoms in total. The summed E-state index contributed by atoms with van der Waals surface area (Å²) in [6, 6.07) is 4.89. The number of anilines is 1. The highest BCUT2D eigenvalue weighted by Gasteiger charge is 2.17. The van der Waals surface area contributed by atoms with Crippen molar-refractivity contribution in [1.82, 2.24) is 0 Å². The van der Waals surface area contributed by atoms with Crippen molar-refractivity contribution >= 4 is 23.4 Å². The Morgan fingerprint density at radius 2 is 2.21 bits per heavy atom. The molecule has 0 aliphatic carbocycles. The molecule has 1 aromatic carbocycles. The van der Waals surface area contributed by atoms with Crippen LogP contribution < -0.4 is 5.32 Å². The number of carbonyl (C=O) groups excluding carboxylic acids is 1. The summed E-state index contributed by atoms with van der Waals surface area (Å²) in [6.45, 7) is 5.42. The molecule has 1 N–H and O–H groups in total. The molecule has 0 unspecified atom stereocenters. The Morgan fingerprint density at radius 3 is 2.79 bits per heavy atom. The molecule has 0 spiro atoms. The van der Waals surface area contributed by atoms with Crippen LogP contribution >= 0.6 is 11.6 Å². The van der Waals surface area contributed by atoms with Crippen molar-refractivity contribution < 1.29 is 9.53 Å². The Morgan fingerprint density at radius 1 is 1.53 bits per heavy atom. The van der Waals surface area contributed by atoms with Crippen LogP contribution in [0.5, 0.6) is 0 Å². The fourth-order valence-electron chi connectivity index (χ4n) is 1.34. The highest BCUT2D eigenvalue weighted by Crippen LogP contribution is 2.22. The van der Waals surface area contributed by atoms with Crippen LogP contribution in [-0.4, -0.2) is 11.7 Å². The number of nitrogens with zero attached hydrogens (tertiary/aromatic N) is 3. The maximum absolute atomic E-state index is 11.7. The van der Waals surface area contributed by atoms with Crippen LogP contribution in [0.25, 0.3) is 10.4 Å². The summed E-state index contributed by atoms with van der Waals surface area (Å²) < 4.78 is 5.14. The van der Waals surface area contributed by atoms with Crippen LogP contribution in [0.3, 0.4) is 0 Å². The maximum atomic E-state index is 11.7. The van der Waals surface area contributed by atoms with Gasteiger partial charge in [0.05, 0.1) is 6.54 Å². The third kappa shape index (κ3) is 5.50. The van der Waals surface area contributed by atoms with Crippen molar-refractivity contribution in [3.05, 3.63) is 39.2 Å². The van der Waals surface area contributed by atoms with Crippen LogP contribution in [0, 0.1) is 0 Å². The molecular formula is C12H15ClN4O2. The minimum atomic E-state index is -0.582. The molecule has 19 heavy (non-hydrogen) atoms. The molecule has 0 aromatic heterocycles. The van der Waals surface area contributed by atoms with Gasteiger partial charge in [-0.1, -0.05) is 16.7 Å². The Labute approximate surface area is 116 Å². The van der Waals surface area contributed by atoms with E-state index in [0.29, 0.717) is 16.3 Å². The number of azide groups is 1. The van der Waals surface area contributed by atoms with Gasteiger partial charge in [-0.2, -0.15) is 0 Å². The van der Waals surface area contributed by atoms with Gasteiger partial charge in [-0.3, -0.25) is 5.32 Å². The monoisotopic (exact) mass is 282 g/mol. The average molecular weight is 283 g/mol. The number of benzene rings is 1. The van der Waals surface area contributed by atoms with E-state index in [-0.39, 0.29) is 6.54 Å². The minimum absolute atomic E-state index is 0.0994. The summed E-state index contributed by atoms with van der Waals surface area (Å²) in [4.78, 5) is 14.3. The first-order chi connectivity index (χ1) is 8.81. The van der Waals surface area contributed by atoms with Crippen LogP contribution in [0.4, 0.5) is 10.5 Å². The molecule has 0 aliphatic heterocycles. The Kier molecular flexibility index (Phi) is 5.03. The van der Waals surface area contributed by atoms with Crippen LogP contribution in [0.15, 0.2) is 23.3 Å². The standard InChI is InChI=1S/C12H15ClN4O2/c1-12(2,3)19-11(18)16-10-5-4-9(13)6-8(10)7-15-17-14/h4-6H,7H2,1-3H3,(H,16,18). The topological polar surface area (TPSA) is 87.1 Å². The van der Waals surface area contributed by atoms with Crippen LogP contribution in [0.2, 0.25) is 5.02 Å². The average Bonchev–Trinajstić information content (AvgIpc) is 2.27. The van der Waals surface area contributed by atoms with Crippen LogP contribution in [0.1, 0.15) is 26.3 Å². The third-order valence-electron chi connectivity index (χ3n) is 2.01. The number of nitrogens with one attached hydrogen (secondary N) is 1. The molecule has 1 rings (SSSR count). The molecule has 1 amide bonds. The molecule has 0 fully saturated rings. The van der Waals surface area contributed by atoms with Crippen molar-refractivity contribution in [1.29, 1.82) is 0 Å². The summed E-state index contributed by atoms with van der Waals surface area (Å²) in [6.07, 6.45) is -0.572. The second kappa shape index (κ2) is 6.31. The van der Waals surface area contributed by atoms with E-state index < -0.39 is 11.7 Å². The van der Waals surface area contributed by atoms with Gasteiger partial charge in [0.1, 0.15) is 5.60 Å². The highest BCUT2D eigenvalue weighted by atomic mass is 35.5. The maximum Gasteiger partial charge on any atom is 0.412 e. The van der Waals surface area contributed by atoms with Gasteiger partial charge in [0.15, 0.2) is 0 Å². The van der Waals surface area contributed by atoms with Gasteiger partial charge in [0, 0.05) is 15.6 Å². The second-order valence-electron chi connectivity index (χ2n) is 4.82. The second-order valence-corrected chi connectivity index (χ2v) is 5.25. The molecule has 0 saturated carbocycles. The molecule has 7 heteroatoms. The molecular weight excluding hydrogens is 268 g/mol. The Bertz CT molecular complexity index is 519. The zero-order valence-corrected chi connectivity index (χ0v) is 11.7. The molecule has 102 valence electrons. The minimum Gasteiger partial charge on any atom is -0.444 e. The first kappa shape index (κ1) is 15.1. The molecule has 1 aromatic rings. The van der Waals surface area contributed by atoms with E-state index in [1.54, 1.807) is 39.0 Å². The van der Waals surface area contributed by atoms with Gasteiger partial charge < -0.3 is 4.74 Å². The van der Waals surface area contributed by atoms with E-state index >= 15 is 0 Å². The predicted molar refractivity (Wildman–Crippen MR) is 74.2 cm³/mol. The molecule has 0 radical (unpaired) electrons. The number of rotatable bonds is 3. The highest BCUT2D eigenvalue weighted by molar-refractivity contribution is 6.30. The lowest BCUT2D eigenvalue weighted by atomic mass is 10.2. The van der Waals surface area contributed by atoms with Crippen LogP contribution in [-0.2, 0) is 11.3 Å². The summed E-state index contributed by atoms with van der Waals surface area (Å²) in [5.74, 6) is 0. The molecule has 0 bridgehead atoms. The van der Waals surface area contributed by atoms with Crippen molar-refractivity contribution in [2.24, 2.45) is 5.11 Å². The Balaban J connectivity index is 2.87. The quantitative estimate of drug-likeness (QED) is 0.503. The lowest BCUT2D eigenvalue weighted by Gasteiger charge is -2.20. The lowest BCUT2D eigenvalue weighted by molar-refractivity contribution is 0.0636. The first-order valence-corrected chi connectivity index (χ1v) is 5.99. The first-order valence-electron chi connectivity index (χ1n) is 5.61. The summed E-state index contributed by atoms with van der Waals surface area (Å²) >= 11 is 5.86. The molecule has 0 aliphatic rings. The number of carbonyl (C=O) groups is 1. The zero-order chi connectivity index (χ0) is 14.5. The normalized spacial score (nSPS) is 10.5. The zero-order valence-electron chi connectivity index (χ0n) is 11.0. The molecule has 0 saturated heterocycles. The van der Waals surface area contributed by atoms with Crippen molar-refractivity contribution in [3.63, 3.8) is 0 Å². The number of ether oxygens (including phenoxy) is 1. The third-order valence-corrected chi connectivity index (χ3v) is 2.24. The van der Waals surface area contributed by atoms with Crippen molar-refractivity contribution in [2.75, 3.05) is 5.32 Å². The van der Waals surface area contributed by atoms with E-state index in [1.807, 2.05) is 0 Å². The summed E-state index contributed by atoms with van der Waals surface area (Å²) in [5, 5.41) is 6.55. The smallest absolute Gasteiger partial charge is 0.412 e. The molecule has 0 heterocycles. The van der Waals surface area contributed by atoms with E-state index in [1.165, 1.54) is 0 Å². The van der Waals surface area contributed by atoms with E-state index in [0.717, 1.165) is 0 Å². The SMILES string of the molecule is CC(C)(C)OC(=O)Nc1ccc(Cl)cc1CN=[N+]=[N-].